The maximum absolute atomic E-state index is 6.15. The lowest BCUT2D eigenvalue weighted by Gasteiger charge is -2.12. The van der Waals surface area contributed by atoms with E-state index in [-0.39, 0.29) is 0 Å². The highest BCUT2D eigenvalue weighted by Gasteiger charge is 2.07. The van der Waals surface area contributed by atoms with Crippen LogP contribution < -0.4 is 11.1 Å². The van der Waals surface area contributed by atoms with Gasteiger partial charge < -0.3 is 11.1 Å². The number of thiazole rings is 1. The van der Waals surface area contributed by atoms with Crippen molar-refractivity contribution >= 4 is 32.9 Å². The van der Waals surface area contributed by atoms with E-state index in [9.17, 15) is 0 Å². The van der Waals surface area contributed by atoms with Gasteiger partial charge in [0, 0.05) is 6.54 Å². The van der Waals surface area contributed by atoms with E-state index < -0.39 is 0 Å². The Morgan fingerprint density at radius 1 is 1.19 bits per heavy atom. The Morgan fingerprint density at radius 2 is 1.95 bits per heavy atom. The quantitative estimate of drug-likeness (QED) is 0.703. The molecule has 0 amide bonds. The summed E-state index contributed by atoms with van der Waals surface area (Å²) in [7, 11) is 0. The fourth-order valence-electron chi connectivity index (χ4n) is 2.52. The van der Waals surface area contributed by atoms with Gasteiger partial charge in [0.2, 0.25) is 0 Å². The van der Waals surface area contributed by atoms with Crippen molar-refractivity contribution in [3.8, 4) is 0 Å². The molecule has 1 heterocycles. The third-order valence-electron chi connectivity index (χ3n) is 3.64. The van der Waals surface area contributed by atoms with E-state index in [0.717, 1.165) is 39.6 Å². The van der Waals surface area contributed by atoms with Gasteiger partial charge in [0.25, 0.3) is 0 Å². The van der Waals surface area contributed by atoms with Gasteiger partial charge >= 0.3 is 0 Å². The van der Waals surface area contributed by atoms with Crippen LogP contribution in [0.3, 0.4) is 0 Å². The standard InChI is InChI=1S/C17H19N3S/c1-3-12-6-4-5-7-13(12)10-19-15-9-16-17(8-14(15)18)21-11(2)20-16/h4-9,19H,3,10,18H2,1-2H3. The van der Waals surface area contributed by atoms with E-state index in [1.807, 2.05) is 19.1 Å². The molecule has 0 saturated carbocycles. The van der Waals surface area contributed by atoms with E-state index in [4.69, 9.17) is 5.73 Å². The van der Waals surface area contributed by atoms with Crippen LogP contribution in [-0.4, -0.2) is 4.98 Å². The van der Waals surface area contributed by atoms with E-state index in [1.165, 1.54) is 11.1 Å². The van der Waals surface area contributed by atoms with Gasteiger partial charge in [-0.2, -0.15) is 0 Å². The fourth-order valence-corrected chi connectivity index (χ4v) is 3.38. The lowest BCUT2D eigenvalue weighted by molar-refractivity contribution is 1.04. The summed E-state index contributed by atoms with van der Waals surface area (Å²) in [5.74, 6) is 0. The molecule has 0 fully saturated rings. The molecule has 0 bridgehead atoms. The molecule has 0 aliphatic rings. The molecule has 0 radical (unpaired) electrons. The number of nitrogens with zero attached hydrogens (tertiary/aromatic N) is 1. The Kier molecular flexibility index (Phi) is 3.80. The Hall–Kier alpha value is -2.07. The Morgan fingerprint density at radius 3 is 2.71 bits per heavy atom. The van der Waals surface area contributed by atoms with Gasteiger partial charge in [-0.25, -0.2) is 4.98 Å². The van der Waals surface area contributed by atoms with Crippen LogP contribution in [0.25, 0.3) is 10.2 Å². The van der Waals surface area contributed by atoms with Crippen LogP contribution in [0, 0.1) is 6.92 Å². The summed E-state index contributed by atoms with van der Waals surface area (Å²) in [5.41, 5.74) is 11.6. The third kappa shape index (κ3) is 2.85. The summed E-state index contributed by atoms with van der Waals surface area (Å²) < 4.78 is 1.14. The Balaban J connectivity index is 1.86. The van der Waals surface area contributed by atoms with E-state index in [2.05, 4.69) is 41.5 Å². The Bertz CT molecular complexity index is 777. The monoisotopic (exact) mass is 297 g/mol. The summed E-state index contributed by atoms with van der Waals surface area (Å²) in [6.45, 7) is 4.98. The van der Waals surface area contributed by atoms with Crippen molar-refractivity contribution in [1.29, 1.82) is 0 Å². The molecule has 3 aromatic rings. The second kappa shape index (κ2) is 5.74. The van der Waals surface area contributed by atoms with Crippen LogP contribution in [0.15, 0.2) is 36.4 Å². The van der Waals surface area contributed by atoms with Crippen molar-refractivity contribution in [2.75, 3.05) is 11.1 Å². The first-order chi connectivity index (χ1) is 10.2. The zero-order chi connectivity index (χ0) is 14.8. The molecule has 3 nitrogen and oxygen atoms in total. The molecule has 21 heavy (non-hydrogen) atoms. The zero-order valence-electron chi connectivity index (χ0n) is 12.3. The topological polar surface area (TPSA) is 50.9 Å². The number of nitrogens with one attached hydrogen (secondary N) is 1. The van der Waals surface area contributed by atoms with Crippen LogP contribution >= 0.6 is 11.3 Å². The van der Waals surface area contributed by atoms with Crippen LogP contribution in [0.4, 0.5) is 11.4 Å². The summed E-state index contributed by atoms with van der Waals surface area (Å²) in [4.78, 5) is 4.53. The molecule has 0 aliphatic carbocycles. The summed E-state index contributed by atoms with van der Waals surface area (Å²) in [5, 5.41) is 4.51. The molecule has 0 unspecified atom stereocenters. The first-order valence-corrected chi connectivity index (χ1v) is 7.96. The average molecular weight is 297 g/mol. The number of aryl methyl sites for hydroxylation is 2. The van der Waals surface area contributed by atoms with Crippen molar-refractivity contribution in [3.63, 3.8) is 0 Å². The number of hydrogen-bond acceptors (Lipinski definition) is 4. The molecule has 0 spiro atoms. The number of nitrogens with two attached hydrogens (primary N) is 1. The van der Waals surface area contributed by atoms with Gasteiger partial charge in [-0.3, -0.25) is 0 Å². The first-order valence-electron chi connectivity index (χ1n) is 7.14. The molecule has 0 saturated heterocycles. The molecule has 108 valence electrons. The van der Waals surface area contributed by atoms with Crippen molar-refractivity contribution < 1.29 is 0 Å². The maximum Gasteiger partial charge on any atom is 0.0907 e. The summed E-state index contributed by atoms with van der Waals surface area (Å²) >= 11 is 1.68. The van der Waals surface area contributed by atoms with E-state index in [0.29, 0.717) is 0 Å². The second-order valence-corrected chi connectivity index (χ2v) is 6.35. The van der Waals surface area contributed by atoms with Crippen LogP contribution in [0.5, 0.6) is 0 Å². The van der Waals surface area contributed by atoms with Gasteiger partial charge in [-0.05, 0) is 36.6 Å². The third-order valence-corrected chi connectivity index (χ3v) is 4.57. The Labute approximate surface area is 128 Å². The van der Waals surface area contributed by atoms with Crippen molar-refractivity contribution in [1.82, 2.24) is 4.98 Å². The van der Waals surface area contributed by atoms with E-state index >= 15 is 0 Å². The second-order valence-electron chi connectivity index (χ2n) is 5.12. The number of aromatic nitrogens is 1. The maximum atomic E-state index is 6.15. The van der Waals surface area contributed by atoms with E-state index in [1.54, 1.807) is 11.3 Å². The van der Waals surface area contributed by atoms with Crippen molar-refractivity contribution in [2.24, 2.45) is 0 Å². The molecular formula is C17H19N3S. The van der Waals surface area contributed by atoms with Gasteiger partial charge in [0.1, 0.15) is 0 Å². The minimum Gasteiger partial charge on any atom is -0.397 e. The fraction of sp³-hybridized carbons (Fsp3) is 0.235. The predicted molar refractivity (Wildman–Crippen MR) is 91.9 cm³/mol. The highest BCUT2D eigenvalue weighted by molar-refractivity contribution is 7.18. The highest BCUT2D eigenvalue weighted by atomic mass is 32.1. The number of rotatable bonds is 4. The first kappa shape index (κ1) is 13.9. The average Bonchev–Trinajstić information content (AvgIpc) is 2.84. The molecular weight excluding hydrogens is 278 g/mol. The minimum atomic E-state index is 0.778. The van der Waals surface area contributed by atoms with Crippen molar-refractivity contribution in [3.05, 3.63) is 52.5 Å². The SMILES string of the molecule is CCc1ccccc1CNc1cc2nc(C)sc2cc1N. The van der Waals surface area contributed by atoms with Crippen molar-refractivity contribution in [2.45, 2.75) is 26.8 Å². The summed E-state index contributed by atoms with van der Waals surface area (Å²) in [6, 6.07) is 12.5. The zero-order valence-corrected chi connectivity index (χ0v) is 13.1. The normalized spacial score (nSPS) is 11.0. The number of anilines is 2. The molecule has 1 aromatic heterocycles. The van der Waals surface area contributed by atoms with Crippen LogP contribution in [-0.2, 0) is 13.0 Å². The molecule has 3 N–H and O–H groups in total. The van der Waals surface area contributed by atoms with Gasteiger partial charge in [0.15, 0.2) is 0 Å². The number of fused-ring (bicyclic) bond motifs is 1. The van der Waals surface area contributed by atoms with Crippen LogP contribution in [0.1, 0.15) is 23.1 Å². The lowest BCUT2D eigenvalue weighted by Crippen LogP contribution is -2.04. The smallest absolute Gasteiger partial charge is 0.0907 e. The number of hydrogen-bond donors (Lipinski definition) is 2. The van der Waals surface area contributed by atoms with Gasteiger partial charge in [0.05, 0.1) is 26.6 Å². The molecule has 3 rings (SSSR count). The molecule has 4 heteroatoms. The van der Waals surface area contributed by atoms with Crippen LogP contribution in [0.2, 0.25) is 0 Å². The largest absolute Gasteiger partial charge is 0.397 e. The summed E-state index contributed by atoms with van der Waals surface area (Å²) in [6.07, 6.45) is 1.04. The predicted octanol–water partition coefficient (Wildman–Crippen LogP) is 4.36. The highest BCUT2D eigenvalue weighted by Crippen LogP contribution is 2.30. The number of benzene rings is 2. The van der Waals surface area contributed by atoms with Gasteiger partial charge in [-0.15, -0.1) is 11.3 Å². The number of nitrogen functional groups attached to an aromatic ring is 1. The minimum absolute atomic E-state index is 0.778. The molecule has 0 aliphatic heterocycles. The molecule has 2 aromatic carbocycles. The molecule has 0 atom stereocenters. The van der Waals surface area contributed by atoms with Gasteiger partial charge in [-0.1, -0.05) is 31.2 Å². The lowest BCUT2D eigenvalue weighted by atomic mass is 10.1.